The number of ether oxygens (including phenoxy) is 2. The summed E-state index contributed by atoms with van der Waals surface area (Å²) >= 11 is 0. The molecule has 3 N–H and O–H groups in total. The summed E-state index contributed by atoms with van der Waals surface area (Å²) in [5, 5.41) is 16.7. The van der Waals surface area contributed by atoms with E-state index in [0.717, 1.165) is 25.7 Å². The molecule has 192 valence electrons. The van der Waals surface area contributed by atoms with Gasteiger partial charge in [0.25, 0.3) is 11.8 Å². The number of nitrogens with zero attached hydrogens (tertiary/aromatic N) is 1. The number of benzene rings is 2. The van der Waals surface area contributed by atoms with Gasteiger partial charge in [0.2, 0.25) is 0 Å². The minimum Gasteiger partial charge on any atom is -0.493 e. The summed E-state index contributed by atoms with van der Waals surface area (Å²) in [6.45, 7) is 3.88. The first-order valence-electron chi connectivity index (χ1n) is 13.0. The van der Waals surface area contributed by atoms with E-state index in [1.165, 1.54) is 11.1 Å². The van der Waals surface area contributed by atoms with Crippen molar-refractivity contribution in [1.82, 2.24) is 15.5 Å². The van der Waals surface area contributed by atoms with E-state index in [1.807, 2.05) is 11.8 Å². The molecule has 0 spiro atoms. The molecule has 2 aliphatic heterocycles. The second-order valence-electron chi connectivity index (χ2n) is 9.92. The van der Waals surface area contributed by atoms with Crippen molar-refractivity contribution in [3.8, 4) is 5.75 Å². The second-order valence-corrected chi connectivity index (χ2v) is 9.92. The molecule has 8 heteroatoms. The van der Waals surface area contributed by atoms with Crippen LogP contribution in [0.15, 0.2) is 42.5 Å². The highest BCUT2D eigenvalue weighted by Crippen LogP contribution is 2.31. The second kappa shape index (κ2) is 11.0. The van der Waals surface area contributed by atoms with Crippen molar-refractivity contribution in [1.29, 1.82) is 0 Å². The van der Waals surface area contributed by atoms with E-state index in [2.05, 4.69) is 34.9 Å². The molecule has 0 aromatic heterocycles. The zero-order valence-electron chi connectivity index (χ0n) is 20.7. The molecule has 0 radical (unpaired) electrons. The first-order valence-corrected chi connectivity index (χ1v) is 13.0. The van der Waals surface area contributed by atoms with E-state index in [1.54, 1.807) is 18.2 Å². The van der Waals surface area contributed by atoms with Crippen LogP contribution in [0.3, 0.4) is 0 Å². The highest BCUT2D eigenvalue weighted by Gasteiger charge is 2.40. The van der Waals surface area contributed by atoms with E-state index < -0.39 is 6.10 Å². The molecule has 2 aromatic carbocycles. The maximum atomic E-state index is 13.2. The Labute approximate surface area is 212 Å². The molecule has 2 amide bonds. The summed E-state index contributed by atoms with van der Waals surface area (Å²) in [5.74, 6) is -0.0109. The van der Waals surface area contributed by atoms with Crippen LogP contribution in [0.5, 0.6) is 5.75 Å². The quantitative estimate of drug-likeness (QED) is 0.494. The van der Waals surface area contributed by atoms with Gasteiger partial charge in [0.15, 0.2) is 0 Å². The molecule has 3 aliphatic rings. The van der Waals surface area contributed by atoms with Crippen molar-refractivity contribution in [2.75, 3.05) is 32.9 Å². The number of nitrogens with one attached hydrogen (secondary N) is 2. The van der Waals surface area contributed by atoms with Crippen molar-refractivity contribution in [3.05, 3.63) is 64.7 Å². The molecule has 3 atom stereocenters. The number of hydrogen-bond donors (Lipinski definition) is 3. The van der Waals surface area contributed by atoms with E-state index in [9.17, 15) is 14.7 Å². The molecule has 8 nitrogen and oxygen atoms in total. The van der Waals surface area contributed by atoms with Crippen LogP contribution in [0.2, 0.25) is 0 Å². The van der Waals surface area contributed by atoms with E-state index in [-0.39, 0.29) is 30.4 Å². The number of aliphatic hydroxyl groups excluding tert-OH is 1. The highest BCUT2D eigenvalue weighted by molar-refractivity contribution is 6.00. The molecular weight excluding hydrogens is 458 g/mol. The van der Waals surface area contributed by atoms with Gasteiger partial charge in [0.1, 0.15) is 5.75 Å². The smallest absolute Gasteiger partial charge is 0.255 e. The number of aliphatic hydroxyl groups is 1. The molecule has 2 heterocycles. The van der Waals surface area contributed by atoms with Crippen LogP contribution in [0.1, 0.15) is 51.6 Å². The van der Waals surface area contributed by atoms with Gasteiger partial charge in [-0.25, -0.2) is 0 Å². The van der Waals surface area contributed by atoms with Gasteiger partial charge in [-0.05, 0) is 61.9 Å². The fourth-order valence-corrected chi connectivity index (χ4v) is 5.61. The van der Waals surface area contributed by atoms with Crippen LogP contribution in [0.4, 0.5) is 0 Å². The third-order valence-corrected chi connectivity index (χ3v) is 7.44. The van der Waals surface area contributed by atoms with Crippen molar-refractivity contribution in [2.24, 2.45) is 0 Å². The van der Waals surface area contributed by atoms with Crippen molar-refractivity contribution >= 4 is 11.8 Å². The number of carbonyl (C=O) groups excluding carboxylic acids is 2. The Balaban J connectivity index is 1.16. The fourth-order valence-electron chi connectivity index (χ4n) is 5.61. The van der Waals surface area contributed by atoms with Crippen molar-refractivity contribution < 1.29 is 24.2 Å². The molecule has 2 saturated heterocycles. The maximum Gasteiger partial charge on any atom is 0.255 e. The Morgan fingerprint density at radius 3 is 2.44 bits per heavy atom. The molecule has 2 unspecified atom stereocenters. The molecule has 2 fully saturated rings. The number of amides is 2. The van der Waals surface area contributed by atoms with E-state index in [0.29, 0.717) is 49.3 Å². The molecule has 2 aromatic rings. The van der Waals surface area contributed by atoms with Gasteiger partial charge in [0.05, 0.1) is 43.6 Å². The molecule has 2 bridgehead atoms. The topological polar surface area (TPSA) is 100 Å². The van der Waals surface area contributed by atoms with Crippen molar-refractivity contribution in [2.45, 2.75) is 56.8 Å². The molecular formula is C28H35N3O5. The molecule has 5 rings (SSSR count). The van der Waals surface area contributed by atoms with Crippen LogP contribution >= 0.6 is 0 Å². The van der Waals surface area contributed by atoms with Crippen LogP contribution < -0.4 is 15.4 Å². The SMILES string of the molecule is CCOc1cc(C(=O)N2C3CCC2COC3)ccc1C(=O)NC[C@H](O)CNC1Cc2ccccc2C1. The summed E-state index contributed by atoms with van der Waals surface area (Å²) in [6.07, 6.45) is 3.10. The monoisotopic (exact) mass is 493 g/mol. The minimum atomic E-state index is -0.717. The lowest BCUT2D eigenvalue weighted by Gasteiger charge is -2.34. The van der Waals surface area contributed by atoms with Crippen LogP contribution in [-0.2, 0) is 17.6 Å². The lowest BCUT2D eigenvalue weighted by Crippen LogP contribution is -2.49. The average Bonchev–Trinajstić information content (AvgIpc) is 3.42. The van der Waals surface area contributed by atoms with Gasteiger partial charge in [-0.2, -0.15) is 0 Å². The van der Waals surface area contributed by atoms with Gasteiger partial charge < -0.3 is 30.1 Å². The number of carbonyl (C=O) groups is 2. The number of hydrogen-bond acceptors (Lipinski definition) is 6. The van der Waals surface area contributed by atoms with Gasteiger partial charge in [-0.3, -0.25) is 9.59 Å². The summed E-state index contributed by atoms with van der Waals surface area (Å²) in [7, 11) is 0. The van der Waals surface area contributed by atoms with E-state index in [4.69, 9.17) is 9.47 Å². The summed E-state index contributed by atoms with van der Waals surface area (Å²) in [5.41, 5.74) is 3.56. The Kier molecular flexibility index (Phi) is 7.55. The third kappa shape index (κ3) is 5.26. The largest absolute Gasteiger partial charge is 0.493 e. The Morgan fingerprint density at radius 2 is 1.78 bits per heavy atom. The zero-order valence-corrected chi connectivity index (χ0v) is 20.7. The number of rotatable bonds is 9. The van der Waals surface area contributed by atoms with Gasteiger partial charge >= 0.3 is 0 Å². The van der Waals surface area contributed by atoms with Crippen molar-refractivity contribution in [3.63, 3.8) is 0 Å². The van der Waals surface area contributed by atoms with Gasteiger partial charge in [0, 0.05) is 24.7 Å². The summed E-state index contributed by atoms with van der Waals surface area (Å²) in [4.78, 5) is 28.1. The lowest BCUT2D eigenvalue weighted by atomic mass is 10.1. The molecule has 1 aliphatic carbocycles. The third-order valence-electron chi connectivity index (χ3n) is 7.44. The highest BCUT2D eigenvalue weighted by atomic mass is 16.5. The predicted molar refractivity (Wildman–Crippen MR) is 135 cm³/mol. The fraction of sp³-hybridized carbons (Fsp3) is 0.500. The van der Waals surface area contributed by atoms with Gasteiger partial charge in [-0.1, -0.05) is 24.3 Å². The standard InChI is InChI=1S/C28H35N3O5/c1-2-36-26-13-20(28(34)31-22-8-9-23(31)17-35-16-22)7-10-25(26)27(33)30-15-24(32)14-29-21-11-18-5-3-4-6-19(18)12-21/h3-7,10,13,21-24,29,32H,2,8-9,11-12,14-17H2,1H3,(H,30,33)/t22?,23?,24-/m1/s1. The van der Waals surface area contributed by atoms with Crippen LogP contribution in [0.25, 0.3) is 0 Å². The Bertz CT molecular complexity index is 1070. The summed E-state index contributed by atoms with van der Waals surface area (Å²) in [6, 6.07) is 13.9. The Morgan fingerprint density at radius 1 is 1.08 bits per heavy atom. The van der Waals surface area contributed by atoms with Gasteiger partial charge in [-0.15, -0.1) is 0 Å². The van der Waals surface area contributed by atoms with Crippen LogP contribution in [0, 0.1) is 0 Å². The Hall–Kier alpha value is -2.94. The van der Waals surface area contributed by atoms with E-state index >= 15 is 0 Å². The lowest BCUT2D eigenvalue weighted by molar-refractivity contribution is -0.00717. The average molecular weight is 494 g/mol. The first-order chi connectivity index (χ1) is 17.5. The number of fused-ring (bicyclic) bond motifs is 3. The minimum absolute atomic E-state index is 0.0470. The molecule has 36 heavy (non-hydrogen) atoms. The maximum absolute atomic E-state index is 13.2. The normalized spacial score (nSPS) is 21.8. The predicted octanol–water partition coefficient (Wildman–Crippen LogP) is 1.94. The van der Waals surface area contributed by atoms with Crippen LogP contribution in [-0.4, -0.2) is 79.0 Å². The zero-order chi connectivity index (χ0) is 25.1. The molecule has 0 saturated carbocycles. The number of morpholine rings is 1. The summed E-state index contributed by atoms with van der Waals surface area (Å²) < 4.78 is 11.3. The first kappa shape index (κ1) is 24.7.